The molecule has 0 saturated heterocycles. The third-order valence-corrected chi connectivity index (χ3v) is 2.79. The molecule has 0 aliphatic heterocycles. The lowest BCUT2D eigenvalue weighted by molar-refractivity contribution is 1.01. The highest BCUT2D eigenvalue weighted by atomic mass is 32.1. The molecule has 0 spiro atoms. The van der Waals surface area contributed by atoms with E-state index in [1.165, 1.54) is 0 Å². The third kappa shape index (κ3) is 1.59. The van der Waals surface area contributed by atoms with E-state index in [-0.39, 0.29) is 0 Å². The number of hydrogen-bond acceptors (Lipinski definition) is 5. The highest BCUT2D eigenvalue weighted by Gasteiger charge is 2.04. The molecule has 14 heavy (non-hydrogen) atoms. The first kappa shape index (κ1) is 9.11. The van der Waals surface area contributed by atoms with Crippen molar-refractivity contribution in [2.24, 2.45) is 5.84 Å². The van der Waals surface area contributed by atoms with Crippen LogP contribution in [0.3, 0.4) is 0 Å². The van der Waals surface area contributed by atoms with Crippen LogP contribution in [0.25, 0.3) is 10.6 Å². The predicted molar refractivity (Wildman–Crippen MR) is 57.9 cm³/mol. The van der Waals surface area contributed by atoms with Crippen molar-refractivity contribution < 1.29 is 0 Å². The Balaban J connectivity index is 2.43. The lowest BCUT2D eigenvalue weighted by atomic mass is 10.2. The average molecular weight is 206 g/mol. The van der Waals surface area contributed by atoms with Gasteiger partial charge in [-0.25, -0.2) is 5.84 Å². The van der Waals surface area contributed by atoms with Crippen molar-refractivity contribution in [1.29, 1.82) is 0 Å². The van der Waals surface area contributed by atoms with Gasteiger partial charge >= 0.3 is 0 Å². The Labute approximate surface area is 85.8 Å². The summed E-state index contributed by atoms with van der Waals surface area (Å²) in [6, 6.07) is 5.98. The van der Waals surface area contributed by atoms with Gasteiger partial charge in [-0.05, 0) is 30.0 Å². The van der Waals surface area contributed by atoms with Gasteiger partial charge in [-0.2, -0.15) is 0 Å². The van der Waals surface area contributed by atoms with Crippen LogP contribution in [0, 0.1) is 6.92 Å². The number of hydrazine groups is 1. The first-order chi connectivity index (χ1) is 6.81. The lowest BCUT2D eigenvalue weighted by Gasteiger charge is -2.03. The molecule has 0 fully saturated rings. The number of rotatable bonds is 2. The minimum Gasteiger partial charge on any atom is -0.307 e. The van der Waals surface area contributed by atoms with Gasteiger partial charge < -0.3 is 5.43 Å². The number of thiophene rings is 1. The van der Waals surface area contributed by atoms with Crippen LogP contribution in [0.2, 0.25) is 0 Å². The van der Waals surface area contributed by atoms with Crippen molar-refractivity contribution in [1.82, 2.24) is 10.2 Å². The molecule has 2 aromatic heterocycles. The Morgan fingerprint density at radius 3 is 2.86 bits per heavy atom. The van der Waals surface area contributed by atoms with E-state index in [4.69, 9.17) is 5.84 Å². The van der Waals surface area contributed by atoms with E-state index >= 15 is 0 Å². The van der Waals surface area contributed by atoms with E-state index in [9.17, 15) is 0 Å². The van der Waals surface area contributed by atoms with Gasteiger partial charge in [0, 0.05) is 0 Å². The molecule has 3 N–H and O–H groups in total. The Morgan fingerprint density at radius 2 is 2.29 bits per heavy atom. The van der Waals surface area contributed by atoms with Gasteiger partial charge in [-0.15, -0.1) is 21.5 Å². The van der Waals surface area contributed by atoms with Crippen LogP contribution in [0.4, 0.5) is 5.82 Å². The van der Waals surface area contributed by atoms with Crippen LogP contribution in [0.15, 0.2) is 23.6 Å². The van der Waals surface area contributed by atoms with Crippen molar-refractivity contribution >= 4 is 17.2 Å². The second-order valence-corrected chi connectivity index (χ2v) is 3.83. The molecule has 72 valence electrons. The maximum atomic E-state index is 5.27. The van der Waals surface area contributed by atoms with Gasteiger partial charge in [0.1, 0.15) is 5.69 Å². The molecule has 0 aliphatic rings. The number of nitrogens with one attached hydrogen (secondary N) is 1. The number of anilines is 1. The van der Waals surface area contributed by atoms with Gasteiger partial charge in [0.05, 0.1) is 4.88 Å². The van der Waals surface area contributed by atoms with E-state index < -0.39 is 0 Å². The van der Waals surface area contributed by atoms with Gasteiger partial charge in [0.15, 0.2) is 5.82 Å². The molecule has 5 heteroatoms. The Hall–Kier alpha value is -1.46. The zero-order valence-electron chi connectivity index (χ0n) is 7.69. The summed E-state index contributed by atoms with van der Waals surface area (Å²) < 4.78 is 0. The summed E-state index contributed by atoms with van der Waals surface area (Å²) in [6.45, 7) is 1.95. The Morgan fingerprint density at radius 1 is 1.43 bits per heavy atom. The van der Waals surface area contributed by atoms with Crippen LogP contribution in [0.1, 0.15) is 5.56 Å². The van der Waals surface area contributed by atoms with Crippen LogP contribution in [0.5, 0.6) is 0 Å². The summed E-state index contributed by atoms with van der Waals surface area (Å²) in [4.78, 5) is 1.11. The van der Waals surface area contributed by atoms with Crippen LogP contribution >= 0.6 is 11.3 Å². The fourth-order valence-electron chi connectivity index (χ4n) is 1.17. The monoisotopic (exact) mass is 206 g/mol. The summed E-state index contributed by atoms with van der Waals surface area (Å²) >= 11 is 1.64. The van der Waals surface area contributed by atoms with Crippen molar-refractivity contribution in [2.45, 2.75) is 6.92 Å². The number of nitrogens with zero attached hydrogens (tertiary/aromatic N) is 2. The molecule has 0 aromatic carbocycles. The fraction of sp³-hybridized carbons (Fsp3) is 0.111. The summed E-state index contributed by atoms with van der Waals surface area (Å²) in [5, 5.41) is 10.1. The summed E-state index contributed by atoms with van der Waals surface area (Å²) in [5.74, 6) is 5.89. The van der Waals surface area contributed by atoms with Gasteiger partial charge in [-0.3, -0.25) is 0 Å². The van der Waals surface area contributed by atoms with E-state index in [0.29, 0.717) is 5.82 Å². The van der Waals surface area contributed by atoms with Crippen LogP contribution in [-0.4, -0.2) is 10.2 Å². The molecule has 4 nitrogen and oxygen atoms in total. The van der Waals surface area contributed by atoms with E-state index in [2.05, 4.69) is 15.6 Å². The fourth-order valence-corrected chi connectivity index (χ4v) is 1.85. The summed E-state index contributed by atoms with van der Waals surface area (Å²) in [5.41, 5.74) is 4.37. The standard InChI is InChI=1S/C9H10N4S/c1-6-5-7(8-3-2-4-14-8)12-13-9(6)11-10/h2-5H,10H2,1H3,(H,11,13). The maximum Gasteiger partial charge on any atom is 0.165 e. The maximum absolute atomic E-state index is 5.27. The highest BCUT2D eigenvalue weighted by molar-refractivity contribution is 7.13. The zero-order valence-corrected chi connectivity index (χ0v) is 8.51. The minimum absolute atomic E-state index is 0.616. The van der Waals surface area contributed by atoms with E-state index in [0.717, 1.165) is 16.1 Å². The third-order valence-electron chi connectivity index (χ3n) is 1.89. The van der Waals surface area contributed by atoms with Gasteiger partial charge in [-0.1, -0.05) is 6.07 Å². The number of nitrogens with two attached hydrogens (primary N) is 1. The zero-order chi connectivity index (χ0) is 9.97. The molecule has 2 rings (SSSR count). The Kier molecular flexibility index (Phi) is 2.43. The van der Waals surface area contributed by atoms with Crippen LogP contribution in [-0.2, 0) is 0 Å². The molecular weight excluding hydrogens is 196 g/mol. The van der Waals surface area contributed by atoms with Crippen LogP contribution < -0.4 is 11.3 Å². The lowest BCUT2D eigenvalue weighted by Crippen LogP contribution is -2.10. The summed E-state index contributed by atoms with van der Waals surface area (Å²) in [6.07, 6.45) is 0. The molecule has 0 bridgehead atoms. The largest absolute Gasteiger partial charge is 0.307 e. The molecular formula is C9H10N4S. The van der Waals surface area contributed by atoms with Crippen molar-refractivity contribution in [3.05, 3.63) is 29.1 Å². The smallest absolute Gasteiger partial charge is 0.165 e. The highest BCUT2D eigenvalue weighted by Crippen LogP contribution is 2.23. The molecule has 0 unspecified atom stereocenters. The second-order valence-electron chi connectivity index (χ2n) is 2.88. The second kappa shape index (κ2) is 3.73. The van der Waals surface area contributed by atoms with Crippen molar-refractivity contribution in [2.75, 3.05) is 5.43 Å². The van der Waals surface area contributed by atoms with Crippen molar-refractivity contribution in [3.63, 3.8) is 0 Å². The minimum atomic E-state index is 0.616. The molecule has 0 atom stereocenters. The number of nitrogen functional groups attached to an aromatic ring is 1. The van der Waals surface area contributed by atoms with E-state index in [1.54, 1.807) is 11.3 Å². The quantitative estimate of drug-likeness (QED) is 0.581. The molecule has 0 radical (unpaired) electrons. The predicted octanol–water partition coefficient (Wildman–Crippen LogP) is 1.80. The molecule has 2 aromatic rings. The first-order valence-corrected chi connectivity index (χ1v) is 5.04. The SMILES string of the molecule is Cc1cc(-c2cccs2)nnc1NN. The average Bonchev–Trinajstić information content (AvgIpc) is 2.70. The molecule has 0 saturated carbocycles. The van der Waals surface area contributed by atoms with Crippen molar-refractivity contribution in [3.8, 4) is 10.6 Å². The topological polar surface area (TPSA) is 63.8 Å². The number of hydrogen-bond donors (Lipinski definition) is 2. The van der Waals surface area contributed by atoms with E-state index in [1.807, 2.05) is 30.5 Å². The van der Waals surface area contributed by atoms with Gasteiger partial charge in [0.25, 0.3) is 0 Å². The van der Waals surface area contributed by atoms with Gasteiger partial charge in [0.2, 0.25) is 0 Å². The molecule has 0 amide bonds. The normalized spacial score (nSPS) is 10.1. The molecule has 0 aliphatic carbocycles. The number of aryl methyl sites for hydroxylation is 1. The Bertz CT molecular complexity index is 424. The summed E-state index contributed by atoms with van der Waals surface area (Å²) in [7, 11) is 0. The number of aromatic nitrogens is 2. The molecule has 2 heterocycles. The first-order valence-electron chi connectivity index (χ1n) is 4.16.